The molecule has 0 unspecified atom stereocenters. The van der Waals surface area contributed by atoms with Crippen molar-refractivity contribution < 1.29 is 17.6 Å². The maximum absolute atomic E-state index is 13.1. The standard InChI is InChI=1S/C21H25FN2O3S/c1-15-5-7-17(8-6-15)16(2)23-21(25)18-4-3-13-24(14-18)28(26,27)20-11-9-19(22)10-12-20/h5-12,16,18H,3-4,13-14H2,1-2H3,(H,23,25)/t16-,18+/m1/s1. The van der Waals surface area contributed by atoms with Crippen LogP contribution in [0.2, 0.25) is 0 Å². The molecule has 0 spiro atoms. The van der Waals surface area contributed by atoms with Crippen LogP contribution in [-0.4, -0.2) is 31.7 Å². The molecule has 2 aromatic rings. The first-order chi connectivity index (χ1) is 13.3. The van der Waals surface area contributed by atoms with Gasteiger partial charge in [-0.3, -0.25) is 4.79 Å². The van der Waals surface area contributed by atoms with Crippen LogP contribution in [0.1, 0.15) is 36.9 Å². The van der Waals surface area contributed by atoms with Crippen molar-refractivity contribution in [3.63, 3.8) is 0 Å². The highest BCUT2D eigenvalue weighted by Crippen LogP contribution is 2.25. The summed E-state index contributed by atoms with van der Waals surface area (Å²) in [7, 11) is -3.74. The lowest BCUT2D eigenvalue weighted by Crippen LogP contribution is -2.45. The number of sulfonamides is 1. The minimum absolute atomic E-state index is 0.0444. The molecule has 28 heavy (non-hydrogen) atoms. The average Bonchev–Trinajstić information content (AvgIpc) is 2.69. The topological polar surface area (TPSA) is 66.5 Å². The summed E-state index contributed by atoms with van der Waals surface area (Å²) in [5.74, 6) is -1.04. The van der Waals surface area contributed by atoms with Crippen molar-refractivity contribution in [2.45, 2.75) is 37.6 Å². The van der Waals surface area contributed by atoms with E-state index in [1.54, 1.807) is 0 Å². The van der Waals surface area contributed by atoms with Crippen LogP contribution >= 0.6 is 0 Å². The van der Waals surface area contributed by atoms with Crippen LogP contribution in [-0.2, 0) is 14.8 Å². The summed E-state index contributed by atoms with van der Waals surface area (Å²) < 4.78 is 40.1. The number of carbonyl (C=O) groups excluding carboxylic acids is 1. The van der Waals surface area contributed by atoms with Crippen LogP contribution in [0.4, 0.5) is 4.39 Å². The molecule has 2 aromatic carbocycles. The molecule has 1 N–H and O–H groups in total. The first-order valence-electron chi connectivity index (χ1n) is 9.40. The lowest BCUT2D eigenvalue weighted by atomic mass is 9.97. The van der Waals surface area contributed by atoms with Gasteiger partial charge in [0.2, 0.25) is 15.9 Å². The predicted octanol–water partition coefficient (Wildman–Crippen LogP) is 3.41. The van der Waals surface area contributed by atoms with Crippen LogP contribution in [0.25, 0.3) is 0 Å². The molecule has 150 valence electrons. The minimum Gasteiger partial charge on any atom is -0.349 e. The van der Waals surface area contributed by atoms with Gasteiger partial charge in [-0.15, -0.1) is 0 Å². The lowest BCUT2D eigenvalue weighted by molar-refractivity contribution is -0.126. The zero-order valence-electron chi connectivity index (χ0n) is 16.1. The van der Waals surface area contributed by atoms with Gasteiger partial charge in [0.1, 0.15) is 5.82 Å². The smallest absolute Gasteiger partial charge is 0.243 e. The number of benzene rings is 2. The van der Waals surface area contributed by atoms with Gasteiger partial charge < -0.3 is 5.32 Å². The third-order valence-electron chi connectivity index (χ3n) is 5.14. The van der Waals surface area contributed by atoms with Crippen LogP contribution in [0, 0.1) is 18.7 Å². The van der Waals surface area contributed by atoms with Gasteiger partial charge >= 0.3 is 0 Å². The Balaban J connectivity index is 1.67. The molecule has 3 rings (SSSR count). The summed E-state index contributed by atoms with van der Waals surface area (Å²) >= 11 is 0. The monoisotopic (exact) mass is 404 g/mol. The van der Waals surface area contributed by atoms with Crippen LogP contribution in [0.15, 0.2) is 53.4 Å². The van der Waals surface area contributed by atoms with E-state index in [9.17, 15) is 17.6 Å². The van der Waals surface area contributed by atoms with Crippen molar-refractivity contribution in [2.24, 2.45) is 5.92 Å². The molecular weight excluding hydrogens is 379 g/mol. The number of piperidine rings is 1. The Hall–Kier alpha value is -2.25. The minimum atomic E-state index is -3.74. The molecule has 5 nitrogen and oxygen atoms in total. The molecule has 1 aliphatic rings. The number of nitrogens with one attached hydrogen (secondary N) is 1. The van der Waals surface area contributed by atoms with E-state index in [0.717, 1.165) is 23.3 Å². The molecule has 1 heterocycles. The largest absolute Gasteiger partial charge is 0.349 e. The Bertz CT molecular complexity index is 927. The summed E-state index contributed by atoms with van der Waals surface area (Å²) in [4.78, 5) is 12.8. The summed E-state index contributed by atoms with van der Waals surface area (Å²) in [6.45, 7) is 4.41. The van der Waals surface area contributed by atoms with Gasteiger partial charge in [0, 0.05) is 13.1 Å². The van der Waals surface area contributed by atoms with Crippen molar-refractivity contribution in [1.29, 1.82) is 0 Å². The van der Waals surface area contributed by atoms with Gasteiger partial charge in [-0.1, -0.05) is 29.8 Å². The highest BCUT2D eigenvalue weighted by Gasteiger charge is 2.33. The number of carbonyl (C=O) groups is 1. The fourth-order valence-corrected chi connectivity index (χ4v) is 4.92. The zero-order valence-corrected chi connectivity index (χ0v) is 16.9. The van der Waals surface area contributed by atoms with E-state index in [-0.39, 0.29) is 23.4 Å². The quantitative estimate of drug-likeness (QED) is 0.830. The normalized spacial score (nSPS) is 19.2. The molecule has 0 saturated carbocycles. The highest BCUT2D eigenvalue weighted by atomic mass is 32.2. The fourth-order valence-electron chi connectivity index (χ4n) is 3.40. The summed E-state index contributed by atoms with van der Waals surface area (Å²) in [5, 5.41) is 2.99. The second-order valence-electron chi connectivity index (χ2n) is 7.30. The summed E-state index contributed by atoms with van der Waals surface area (Å²) in [6, 6.07) is 12.6. The van der Waals surface area contributed by atoms with Gasteiger partial charge in [0.15, 0.2) is 0 Å². The summed E-state index contributed by atoms with van der Waals surface area (Å²) in [6.07, 6.45) is 1.25. The SMILES string of the molecule is Cc1ccc([C@@H](C)NC(=O)[C@H]2CCCN(S(=O)(=O)c3ccc(F)cc3)C2)cc1. The maximum Gasteiger partial charge on any atom is 0.243 e. The third kappa shape index (κ3) is 4.59. The van der Waals surface area contributed by atoms with E-state index in [4.69, 9.17) is 0 Å². The number of rotatable bonds is 5. The second kappa shape index (κ2) is 8.41. The first-order valence-corrected chi connectivity index (χ1v) is 10.8. The molecule has 1 aliphatic heterocycles. The Morgan fingerprint density at radius 3 is 2.43 bits per heavy atom. The lowest BCUT2D eigenvalue weighted by Gasteiger charge is -2.32. The molecule has 0 radical (unpaired) electrons. The van der Waals surface area contributed by atoms with E-state index in [1.807, 2.05) is 38.1 Å². The molecule has 0 aromatic heterocycles. The molecule has 7 heteroatoms. The maximum atomic E-state index is 13.1. The van der Waals surface area contributed by atoms with Gasteiger partial charge in [0.25, 0.3) is 0 Å². The number of aryl methyl sites for hydroxylation is 1. The van der Waals surface area contributed by atoms with E-state index in [2.05, 4.69) is 5.32 Å². The van der Waals surface area contributed by atoms with Gasteiger partial charge in [0.05, 0.1) is 16.9 Å². The Labute approximate surface area is 165 Å². The molecule has 1 amide bonds. The number of hydrogen-bond acceptors (Lipinski definition) is 3. The van der Waals surface area contributed by atoms with E-state index < -0.39 is 21.8 Å². The van der Waals surface area contributed by atoms with Gasteiger partial charge in [-0.05, 0) is 56.5 Å². The van der Waals surface area contributed by atoms with Crippen molar-refractivity contribution in [3.8, 4) is 0 Å². The van der Waals surface area contributed by atoms with Crippen LogP contribution in [0.5, 0.6) is 0 Å². The summed E-state index contributed by atoms with van der Waals surface area (Å²) in [5.41, 5.74) is 2.15. The number of amides is 1. The van der Waals surface area contributed by atoms with Crippen LogP contribution in [0.3, 0.4) is 0 Å². The molecule has 2 atom stereocenters. The number of halogens is 1. The number of hydrogen-bond donors (Lipinski definition) is 1. The van der Waals surface area contributed by atoms with E-state index in [1.165, 1.54) is 16.4 Å². The molecule has 1 saturated heterocycles. The Kier molecular flexibility index (Phi) is 6.15. The van der Waals surface area contributed by atoms with Crippen LogP contribution < -0.4 is 5.32 Å². The highest BCUT2D eigenvalue weighted by molar-refractivity contribution is 7.89. The van der Waals surface area contributed by atoms with E-state index in [0.29, 0.717) is 19.4 Å². The Morgan fingerprint density at radius 1 is 1.14 bits per heavy atom. The third-order valence-corrected chi connectivity index (χ3v) is 7.02. The number of nitrogens with zero attached hydrogens (tertiary/aromatic N) is 1. The van der Waals surface area contributed by atoms with Crippen molar-refractivity contribution >= 4 is 15.9 Å². The molecule has 0 aliphatic carbocycles. The molecule has 0 bridgehead atoms. The fraction of sp³-hybridized carbons (Fsp3) is 0.381. The van der Waals surface area contributed by atoms with E-state index >= 15 is 0 Å². The Morgan fingerprint density at radius 2 is 1.79 bits per heavy atom. The first kappa shape index (κ1) is 20.5. The zero-order chi connectivity index (χ0) is 20.3. The van der Waals surface area contributed by atoms with Crippen molar-refractivity contribution in [2.75, 3.05) is 13.1 Å². The second-order valence-corrected chi connectivity index (χ2v) is 9.24. The predicted molar refractivity (Wildman–Crippen MR) is 106 cm³/mol. The van der Waals surface area contributed by atoms with Gasteiger partial charge in [-0.2, -0.15) is 4.31 Å². The van der Waals surface area contributed by atoms with Crippen molar-refractivity contribution in [3.05, 3.63) is 65.5 Å². The average molecular weight is 405 g/mol. The molecule has 1 fully saturated rings. The van der Waals surface area contributed by atoms with Crippen molar-refractivity contribution in [1.82, 2.24) is 9.62 Å². The molecular formula is C21H25FN2O3S. The van der Waals surface area contributed by atoms with Gasteiger partial charge in [-0.25, -0.2) is 12.8 Å².